The fourth-order valence-electron chi connectivity index (χ4n) is 1.32. The summed E-state index contributed by atoms with van der Waals surface area (Å²) in [5, 5.41) is 8.11. The average molecular weight is 212 g/mol. The SMILES string of the molecule is CCOCCCn1cc(CCCN)nn1. The first kappa shape index (κ1) is 12.1. The Bertz CT molecular complexity index is 262. The van der Waals surface area contributed by atoms with E-state index in [4.69, 9.17) is 10.5 Å². The van der Waals surface area contributed by atoms with Crippen LogP contribution in [0, 0.1) is 0 Å². The second-order valence-electron chi connectivity index (χ2n) is 3.42. The highest BCUT2D eigenvalue weighted by Gasteiger charge is 1.99. The van der Waals surface area contributed by atoms with Crippen molar-refractivity contribution in [2.45, 2.75) is 32.7 Å². The number of aryl methyl sites for hydroxylation is 2. The maximum atomic E-state index is 5.43. The van der Waals surface area contributed by atoms with E-state index < -0.39 is 0 Å². The van der Waals surface area contributed by atoms with Crippen LogP contribution in [0.2, 0.25) is 0 Å². The monoisotopic (exact) mass is 212 g/mol. The van der Waals surface area contributed by atoms with Crippen LogP contribution in [0.4, 0.5) is 0 Å². The number of nitrogens with zero attached hydrogens (tertiary/aromatic N) is 3. The minimum atomic E-state index is 0.706. The molecule has 0 saturated carbocycles. The van der Waals surface area contributed by atoms with E-state index in [0.29, 0.717) is 6.54 Å². The summed E-state index contributed by atoms with van der Waals surface area (Å²) in [6.45, 7) is 5.14. The van der Waals surface area contributed by atoms with Crippen molar-refractivity contribution in [3.63, 3.8) is 0 Å². The smallest absolute Gasteiger partial charge is 0.0827 e. The summed E-state index contributed by atoms with van der Waals surface area (Å²) in [7, 11) is 0. The summed E-state index contributed by atoms with van der Waals surface area (Å²) in [4.78, 5) is 0. The Labute approximate surface area is 90.6 Å². The van der Waals surface area contributed by atoms with Crippen molar-refractivity contribution < 1.29 is 4.74 Å². The zero-order chi connectivity index (χ0) is 10.9. The number of hydrogen-bond donors (Lipinski definition) is 1. The third-order valence-electron chi connectivity index (χ3n) is 2.10. The molecule has 86 valence electrons. The van der Waals surface area contributed by atoms with Crippen LogP contribution >= 0.6 is 0 Å². The van der Waals surface area contributed by atoms with Crippen molar-refractivity contribution in [3.8, 4) is 0 Å². The van der Waals surface area contributed by atoms with E-state index >= 15 is 0 Å². The van der Waals surface area contributed by atoms with E-state index in [-0.39, 0.29) is 0 Å². The Kier molecular flexibility index (Phi) is 5.96. The van der Waals surface area contributed by atoms with Crippen molar-refractivity contribution in [2.24, 2.45) is 5.73 Å². The number of hydrogen-bond acceptors (Lipinski definition) is 4. The maximum Gasteiger partial charge on any atom is 0.0827 e. The van der Waals surface area contributed by atoms with E-state index in [1.54, 1.807) is 0 Å². The molecule has 5 heteroatoms. The fraction of sp³-hybridized carbons (Fsp3) is 0.800. The van der Waals surface area contributed by atoms with Crippen LogP contribution in [0.15, 0.2) is 6.20 Å². The highest BCUT2D eigenvalue weighted by molar-refractivity contribution is 4.92. The van der Waals surface area contributed by atoms with Crippen molar-refractivity contribution >= 4 is 0 Å². The Morgan fingerprint density at radius 2 is 2.33 bits per heavy atom. The third-order valence-corrected chi connectivity index (χ3v) is 2.10. The van der Waals surface area contributed by atoms with Crippen molar-refractivity contribution in [2.75, 3.05) is 19.8 Å². The van der Waals surface area contributed by atoms with Crippen LogP contribution in [0.25, 0.3) is 0 Å². The molecule has 0 unspecified atom stereocenters. The highest BCUT2D eigenvalue weighted by Crippen LogP contribution is 1.98. The lowest BCUT2D eigenvalue weighted by Crippen LogP contribution is -2.03. The molecule has 0 amide bonds. The zero-order valence-electron chi connectivity index (χ0n) is 9.35. The van der Waals surface area contributed by atoms with Crippen LogP contribution in [-0.2, 0) is 17.7 Å². The van der Waals surface area contributed by atoms with E-state index in [1.165, 1.54) is 0 Å². The molecule has 2 N–H and O–H groups in total. The Morgan fingerprint density at radius 3 is 3.07 bits per heavy atom. The molecule has 1 aromatic rings. The summed E-state index contributed by atoms with van der Waals surface area (Å²) in [5.41, 5.74) is 6.45. The van der Waals surface area contributed by atoms with Crippen molar-refractivity contribution in [1.29, 1.82) is 0 Å². The quantitative estimate of drug-likeness (QED) is 0.641. The maximum absolute atomic E-state index is 5.43. The van der Waals surface area contributed by atoms with Crippen LogP contribution < -0.4 is 5.73 Å². The summed E-state index contributed by atoms with van der Waals surface area (Å²) >= 11 is 0. The summed E-state index contributed by atoms with van der Waals surface area (Å²) in [5.74, 6) is 0. The fourth-order valence-corrected chi connectivity index (χ4v) is 1.32. The summed E-state index contributed by atoms with van der Waals surface area (Å²) in [6, 6.07) is 0. The first-order chi connectivity index (χ1) is 7.36. The molecule has 1 heterocycles. The summed E-state index contributed by atoms with van der Waals surface area (Å²) in [6.07, 6.45) is 4.86. The average Bonchev–Trinajstić information content (AvgIpc) is 2.69. The molecule has 1 aromatic heterocycles. The second kappa shape index (κ2) is 7.36. The molecule has 0 saturated heterocycles. The van der Waals surface area contributed by atoms with Gasteiger partial charge in [0.25, 0.3) is 0 Å². The van der Waals surface area contributed by atoms with Gasteiger partial charge in [0.05, 0.1) is 5.69 Å². The largest absolute Gasteiger partial charge is 0.382 e. The molecule has 0 aliphatic heterocycles. The lowest BCUT2D eigenvalue weighted by Gasteiger charge is -2.00. The highest BCUT2D eigenvalue weighted by atomic mass is 16.5. The molecule has 0 radical (unpaired) electrons. The molecule has 5 nitrogen and oxygen atoms in total. The molecular formula is C10H20N4O. The Balaban J connectivity index is 2.20. The van der Waals surface area contributed by atoms with Crippen molar-refractivity contribution in [1.82, 2.24) is 15.0 Å². The van der Waals surface area contributed by atoms with Gasteiger partial charge in [-0.2, -0.15) is 0 Å². The Morgan fingerprint density at radius 1 is 1.47 bits per heavy atom. The van der Waals surface area contributed by atoms with Gasteiger partial charge in [0, 0.05) is 26.0 Å². The van der Waals surface area contributed by atoms with Gasteiger partial charge < -0.3 is 10.5 Å². The van der Waals surface area contributed by atoms with E-state index in [1.807, 2.05) is 17.8 Å². The van der Waals surface area contributed by atoms with Crippen LogP contribution in [0.3, 0.4) is 0 Å². The number of rotatable bonds is 8. The standard InChI is InChI=1S/C10H20N4O/c1-2-15-8-4-7-14-9-10(12-13-14)5-3-6-11/h9H,2-8,11H2,1H3. The predicted molar refractivity (Wildman–Crippen MR) is 58.5 cm³/mol. The van der Waals surface area contributed by atoms with Gasteiger partial charge in [0.2, 0.25) is 0 Å². The van der Waals surface area contributed by atoms with Crippen LogP contribution in [0.5, 0.6) is 0 Å². The van der Waals surface area contributed by atoms with Crippen LogP contribution in [-0.4, -0.2) is 34.8 Å². The molecule has 0 aliphatic rings. The minimum Gasteiger partial charge on any atom is -0.382 e. The topological polar surface area (TPSA) is 66.0 Å². The molecule has 15 heavy (non-hydrogen) atoms. The van der Waals surface area contributed by atoms with E-state index in [2.05, 4.69) is 10.3 Å². The summed E-state index contributed by atoms with van der Waals surface area (Å²) < 4.78 is 7.11. The number of ether oxygens (including phenoxy) is 1. The number of aromatic nitrogens is 3. The molecule has 0 atom stereocenters. The van der Waals surface area contributed by atoms with Gasteiger partial charge in [-0.1, -0.05) is 5.21 Å². The first-order valence-electron chi connectivity index (χ1n) is 5.53. The molecule has 0 bridgehead atoms. The van der Waals surface area contributed by atoms with Crippen molar-refractivity contribution in [3.05, 3.63) is 11.9 Å². The molecule has 0 aliphatic carbocycles. The third kappa shape index (κ3) is 4.90. The van der Waals surface area contributed by atoms with Gasteiger partial charge >= 0.3 is 0 Å². The zero-order valence-corrected chi connectivity index (χ0v) is 9.35. The van der Waals surface area contributed by atoms with Gasteiger partial charge in [0.1, 0.15) is 0 Å². The molecular weight excluding hydrogens is 192 g/mol. The van der Waals surface area contributed by atoms with Gasteiger partial charge in [-0.05, 0) is 32.7 Å². The molecule has 1 rings (SSSR count). The lowest BCUT2D eigenvalue weighted by molar-refractivity contribution is 0.140. The van der Waals surface area contributed by atoms with Gasteiger partial charge in [-0.3, -0.25) is 4.68 Å². The van der Waals surface area contributed by atoms with E-state index in [0.717, 1.165) is 44.7 Å². The minimum absolute atomic E-state index is 0.706. The van der Waals surface area contributed by atoms with Gasteiger partial charge in [-0.25, -0.2) is 0 Å². The number of nitrogens with two attached hydrogens (primary N) is 1. The first-order valence-corrected chi connectivity index (χ1v) is 5.53. The molecule has 0 spiro atoms. The van der Waals surface area contributed by atoms with E-state index in [9.17, 15) is 0 Å². The lowest BCUT2D eigenvalue weighted by atomic mass is 10.2. The molecule has 0 fully saturated rings. The Hall–Kier alpha value is -0.940. The van der Waals surface area contributed by atoms with Gasteiger partial charge in [-0.15, -0.1) is 5.10 Å². The van der Waals surface area contributed by atoms with Crippen LogP contribution in [0.1, 0.15) is 25.5 Å². The second-order valence-corrected chi connectivity index (χ2v) is 3.42. The predicted octanol–water partition coefficient (Wildman–Crippen LogP) is 0.596. The van der Waals surface area contributed by atoms with Gasteiger partial charge in [0.15, 0.2) is 0 Å². The molecule has 0 aromatic carbocycles. The normalized spacial score (nSPS) is 10.8.